The third-order valence-corrected chi connectivity index (χ3v) is 3.68. The Labute approximate surface area is 145 Å². The highest BCUT2D eigenvalue weighted by molar-refractivity contribution is 5.73. The Kier molecular flexibility index (Phi) is 5.31. The van der Waals surface area contributed by atoms with Gasteiger partial charge in [-0.3, -0.25) is 0 Å². The Bertz CT molecular complexity index is 831. The fourth-order valence-corrected chi connectivity index (χ4v) is 2.39. The number of benzene rings is 2. The van der Waals surface area contributed by atoms with Crippen LogP contribution in [0.5, 0.6) is 5.75 Å². The SMILES string of the molecule is COc1ccccc1CNC(=O)NCc1cc(-c2ccccc2)on1. The van der Waals surface area contributed by atoms with Gasteiger partial charge in [-0.25, -0.2) is 4.79 Å². The number of ether oxygens (including phenoxy) is 1. The van der Waals surface area contributed by atoms with E-state index in [4.69, 9.17) is 9.26 Å². The molecule has 3 rings (SSSR count). The van der Waals surface area contributed by atoms with Crippen LogP contribution in [0.3, 0.4) is 0 Å². The number of para-hydroxylation sites is 1. The zero-order valence-corrected chi connectivity index (χ0v) is 13.9. The monoisotopic (exact) mass is 337 g/mol. The molecule has 0 radical (unpaired) electrons. The lowest BCUT2D eigenvalue weighted by Crippen LogP contribution is -2.34. The first-order chi connectivity index (χ1) is 12.3. The van der Waals surface area contributed by atoms with E-state index in [0.717, 1.165) is 16.9 Å². The average molecular weight is 337 g/mol. The van der Waals surface area contributed by atoms with Gasteiger partial charge in [0.1, 0.15) is 11.4 Å². The van der Waals surface area contributed by atoms with E-state index in [9.17, 15) is 4.79 Å². The number of methoxy groups -OCH3 is 1. The van der Waals surface area contributed by atoms with E-state index < -0.39 is 0 Å². The summed E-state index contributed by atoms with van der Waals surface area (Å²) in [5.74, 6) is 1.42. The molecule has 0 saturated carbocycles. The van der Waals surface area contributed by atoms with Crippen molar-refractivity contribution in [1.29, 1.82) is 0 Å². The van der Waals surface area contributed by atoms with Crippen LogP contribution in [0.15, 0.2) is 65.2 Å². The zero-order chi connectivity index (χ0) is 17.5. The molecule has 1 aromatic heterocycles. The summed E-state index contributed by atoms with van der Waals surface area (Å²) in [5, 5.41) is 9.52. The molecule has 2 aromatic carbocycles. The zero-order valence-electron chi connectivity index (χ0n) is 13.9. The molecule has 2 N–H and O–H groups in total. The standard InChI is InChI=1S/C19H19N3O3/c1-24-17-10-6-5-9-15(17)12-20-19(23)21-13-16-11-18(25-22-16)14-7-3-2-4-8-14/h2-11H,12-13H2,1H3,(H2,20,21,23). The van der Waals surface area contributed by atoms with Crippen LogP contribution in [-0.2, 0) is 13.1 Å². The van der Waals surface area contributed by atoms with E-state index in [0.29, 0.717) is 18.0 Å². The van der Waals surface area contributed by atoms with Gasteiger partial charge in [0.05, 0.1) is 13.7 Å². The van der Waals surface area contributed by atoms with E-state index in [-0.39, 0.29) is 12.6 Å². The molecule has 0 spiro atoms. The van der Waals surface area contributed by atoms with Crippen molar-refractivity contribution in [1.82, 2.24) is 15.8 Å². The Hall–Kier alpha value is -3.28. The molecule has 1 heterocycles. The van der Waals surface area contributed by atoms with Gasteiger partial charge in [-0.2, -0.15) is 0 Å². The molecule has 6 nitrogen and oxygen atoms in total. The Morgan fingerprint density at radius 3 is 2.56 bits per heavy atom. The smallest absolute Gasteiger partial charge is 0.315 e. The number of carbonyl (C=O) groups excluding carboxylic acids is 1. The number of amides is 2. The van der Waals surface area contributed by atoms with Crippen LogP contribution in [0, 0.1) is 0 Å². The first-order valence-corrected chi connectivity index (χ1v) is 7.91. The molecule has 25 heavy (non-hydrogen) atoms. The molecule has 0 fully saturated rings. The number of hydrogen-bond donors (Lipinski definition) is 2. The molecular formula is C19H19N3O3. The van der Waals surface area contributed by atoms with E-state index >= 15 is 0 Å². The molecule has 0 aliphatic rings. The normalized spacial score (nSPS) is 10.3. The van der Waals surface area contributed by atoms with Crippen LogP contribution < -0.4 is 15.4 Å². The molecule has 0 atom stereocenters. The number of nitrogens with zero attached hydrogens (tertiary/aromatic N) is 1. The highest BCUT2D eigenvalue weighted by Crippen LogP contribution is 2.19. The van der Waals surface area contributed by atoms with E-state index in [2.05, 4.69) is 15.8 Å². The third kappa shape index (κ3) is 4.38. The first-order valence-electron chi connectivity index (χ1n) is 7.91. The summed E-state index contributed by atoms with van der Waals surface area (Å²) < 4.78 is 10.6. The topological polar surface area (TPSA) is 76.4 Å². The second kappa shape index (κ2) is 8.01. The minimum Gasteiger partial charge on any atom is -0.496 e. The van der Waals surface area contributed by atoms with Crippen molar-refractivity contribution in [3.05, 3.63) is 71.9 Å². The predicted molar refractivity (Wildman–Crippen MR) is 94.0 cm³/mol. The fraction of sp³-hybridized carbons (Fsp3) is 0.158. The molecule has 0 saturated heterocycles. The molecule has 0 aliphatic heterocycles. The van der Waals surface area contributed by atoms with Crippen LogP contribution in [0.25, 0.3) is 11.3 Å². The van der Waals surface area contributed by atoms with Crippen LogP contribution in [0.4, 0.5) is 4.79 Å². The van der Waals surface area contributed by atoms with Crippen molar-refractivity contribution < 1.29 is 14.1 Å². The second-order valence-electron chi connectivity index (χ2n) is 5.40. The maximum atomic E-state index is 11.9. The number of carbonyl (C=O) groups is 1. The Morgan fingerprint density at radius 1 is 1.04 bits per heavy atom. The van der Waals surface area contributed by atoms with Crippen LogP contribution in [-0.4, -0.2) is 18.3 Å². The van der Waals surface area contributed by atoms with Gasteiger partial charge >= 0.3 is 6.03 Å². The predicted octanol–water partition coefficient (Wildman–Crippen LogP) is 3.35. The van der Waals surface area contributed by atoms with Gasteiger partial charge in [0, 0.05) is 23.7 Å². The summed E-state index contributed by atoms with van der Waals surface area (Å²) in [7, 11) is 1.60. The largest absolute Gasteiger partial charge is 0.496 e. The van der Waals surface area contributed by atoms with Gasteiger partial charge in [0.15, 0.2) is 5.76 Å². The van der Waals surface area contributed by atoms with E-state index in [1.54, 1.807) is 7.11 Å². The number of aromatic nitrogens is 1. The van der Waals surface area contributed by atoms with Gasteiger partial charge < -0.3 is 19.9 Å². The van der Waals surface area contributed by atoms with E-state index in [1.807, 2.05) is 60.7 Å². The maximum absolute atomic E-state index is 11.9. The molecule has 6 heteroatoms. The van der Waals surface area contributed by atoms with Gasteiger partial charge in [0.25, 0.3) is 0 Å². The number of nitrogens with one attached hydrogen (secondary N) is 2. The van der Waals surface area contributed by atoms with Gasteiger partial charge in [-0.1, -0.05) is 53.7 Å². The lowest BCUT2D eigenvalue weighted by atomic mass is 10.2. The maximum Gasteiger partial charge on any atom is 0.315 e. The van der Waals surface area contributed by atoms with Crippen LogP contribution >= 0.6 is 0 Å². The molecular weight excluding hydrogens is 318 g/mol. The van der Waals surface area contributed by atoms with Crippen LogP contribution in [0.2, 0.25) is 0 Å². The van der Waals surface area contributed by atoms with Gasteiger partial charge in [0.2, 0.25) is 0 Å². The first kappa shape index (κ1) is 16.6. The van der Waals surface area contributed by atoms with E-state index in [1.165, 1.54) is 0 Å². The molecule has 0 aliphatic carbocycles. The van der Waals surface area contributed by atoms with Crippen molar-refractivity contribution >= 4 is 6.03 Å². The minimum atomic E-state index is -0.282. The number of urea groups is 1. The van der Waals surface area contributed by atoms with Gasteiger partial charge in [-0.15, -0.1) is 0 Å². The Morgan fingerprint density at radius 2 is 1.76 bits per heavy atom. The number of rotatable bonds is 6. The lowest BCUT2D eigenvalue weighted by molar-refractivity contribution is 0.239. The summed E-state index contributed by atoms with van der Waals surface area (Å²) in [6.07, 6.45) is 0. The summed E-state index contributed by atoms with van der Waals surface area (Å²) in [4.78, 5) is 11.9. The molecule has 3 aromatic rings. The average Bonchev–Trinajstić information content (AvgIpc) is 3.14. The Balaban J connectivity index is 1.50. The highest BCUT2D eigenvalue weighted by atomic mass is 16.5. The lowest BCUT2D eigenvalue weighted by Gasteiger charge is -2.09. The van der Waals surface area contributed by atoms with Crippen molar-refractivity contribution in [2.75, 3.05) is 7.11 Å². The van der Waals surface area contributed by atoms with Crippen molar-refractivity contribution in [3.8, 4) is 17.1 Å². The van der Waals surface area contributed by atoms with Crippen LogP contribution in [0.1, 0.15) is 11.3 Å². The number of hydrogen-bond acceptors (Lipinski definition) is 4. The minimum absolute atomic E-state index is 0.282. The summed E-state index contributed by atoms with van der Waals surface area (Å²) in [6.45, 7) is 0.665. The summed E-state index contributed by atoms with van der Waals surface area (Å²) in [6, 6.07) is 18.8. The molecule has 2 amide bonds. The molecule has 0 unspecified atom stereocenters. The molecule has 0 bridgehead atoms. The van der Waals surface area contributed by atoms with Crippen molar-refractivity contribution in [3.63, 3.8) is 0 Å². The summed E-state index contributed by atoms with van der Waals surface area (Å²) in [5.41, 5.74) is 2.51. The highest BCUT2D eigenvalue weighted by Gasteiger charge is 2.08. The third-order valence-electron chi connectivity index (χ3n) is 3.68. The summed E-state index contributed by atoms with van der Waals surface area (Å²) >= 11 is 0. The second-order valence-corrected chi connectivity index (χ2v) is 5.40. The van der Waals surface area contributed by atoms with Crippen molar-refractivity contribution in [2.24, 2.45) is 0 Å². The fourth-order valence-electron chi connectivity index (χ4n) is 2.39. The van der Waals surface area contributed by atoms with Gasteiger partial charge in [-0.05, 0) is 6.07 Å². The molecule has 128 valence electrons. The van der Waals surface area contributed by atoms with Crippen molar-refractivity contribution in [2.45, 2.75) is 13.1 Å². The quantitative estimate of drug-likeness (QED) is 0.723.